The number of carbonyl (C=O) groups is 2. The zero-order valence-electron chi connectivity index (χ0n) is 14.5. The molecule has 1 aliphatic carbocycles. The van der Waals surface area contributed by atoms with Gasteiger partial charge in [0, 0.05) is 38.5 Å². The molecule has 1 aromatic carbocycles. The normalized spacial score (nSPS) is 22.8. The first-order valence-electron chi connectivity index (χ1n) is 9.29. The summed E-state index contributed by atoms with van der Waals surface area (Å²) in [6, 6.07) is 6.12. The average Bonchev–Trinajstić information content (AvgIpc) is 3.32. The Bertz CT molecular complexity index is 662. The van der Waals surface area contributed by atoms with Gasteiger partial charge in [-0.25, -0.2) is 4.79 Å². The second-order valence-corrected chi connectivity index (χ2v) is 7.08. The van der Waals surface area contributed by atoms with Crippen LogP contribution >= 0.6 is 0 Å². The number of hydrogen-bond donors (Lipinski definition) is 1. The van der Waals surface area contributed by atoms with E-state index in [0.29, 0.717) is 32.8 Å². The van der Waals surface area contributed by atoms with Gasteiger partial charge in [-0.15, -0.1) is 0 Å². The minimum absolute atomic E-state index is 0.0798. The van der Waals surface area contributed by atoms with Gasteiger partial charge in [0.2, 0.25) is 0 Å². The molecule has 0 bridgehead atoms. The number of hydrogen-bond acceptors (Lipinski definition) is 3. The van der Waals surface area contributed by atoms with Crippen LogP contribution in [0, 0.1) is 0 Å². The molecule has 6 nitrogen and oxygen atoms in total. The van der Waals surface area contributed by atoms with Crippen LogP contribution < -0.4 is 5.32 Å². The fourth-order valence-corrected chi connectivity index (χ4v) is 3.96. The highest BCUT2D eigenvalue weighted by Gasteiger charge is 2.31. The Morgan fingerprint density at radius 3 is 2.52 bits per heavy atom. The monoisotopic (exact) mass is 343 g/mol. The van der Waals surface area contributed by atoms with Crippen LogP contribution in [0.2, 0.25) is 0 Å². The molecule has 2 heterocycles. The molecular weight excluding hydrogens is 318 g/mol. The topological polar surface area (TPSA) is 61.9 Å². The van der Waals surface area contributed by atoms with Gasteiger partial charge in [-0.1, -0.05) is 6.07 Å². The van der Waals surface area contributed by atoms with E-state index in [9.17, 15) is 9.59 Å². The lowest BCUT2D eigenvalue weighted by molar-refractivity contribution is -0.142. The Balaban J connectivity index is 1.30. The standard InChI is InChI=1S/C19H25N3O3/c23-18(17-5-2-12-25-17)21-8-10-22(11-9-21)19(24)20-16-7-6-14-3-1-4-15(14)13-16/h6-7,13,17H,1-5,8-12H2,(H,20,24). The summed E-state index contributed by atoms with van der Waals surface area (Å²) in [5.74, 6) is 0.0798. The number of carbonyl (C=O) groups excluding carboxylic acids is 2. The summed E-state index contributed by atoms with van der Waals surface area (Å²) in [4.78, 5) is 28.5. The molecule has 6 heteroatoms. The van der Waals surface area contributed by atoms with E-state index in [4.69, 9.17) is 4.74 Å². The highest BCUT2D eigenvalue weighted by atomic mass is 16.5. The molecule has 0 radical (unpaired) electrons. The maximum atomic E-state index is 12.5. The van der Waals surface area contributed by atoms with Crippen LogP contribution in [0.3, 0.4) is 0 Å². The van der Waals surface area contributed by atoms with Crippen molar-refractivity contribution in [1.29, 1.82) is 0 Å². The lowest BCUT2D eigenvalue weighted by atomic mass is 10.1. The number of benzene rings is 1. The predicted octanol–water partition coefficient (Wildman–Crippen LogP) is 2.03. The number of amides is 3. The molecule has 2 aliphatic heterocycles. The number of nitrogens with zero attached hydrogens (tertiary/aromatic N) is 2. The summed E-state index contributed by atoms with van der Waals surface area (Å²) in [5.41, 5.74) is 3.62. The van der Waals surface area contributed by atoms with Crippen LogP contribution in [-0.2, 0) is 22.4 Å². The molecule has 4 rings (SSSR count). The molecule has 2 fully saturated rings. The van der Waals surface area contributed by atoms with Crippen molar-refractivity contribution in [2.75, 3.05) is 38.1 Å². The van der Waals surface area contributed by atoms with Crippen LogP contribution in [0.4, 0.5) is 10.5 Å². The minimum atomic E-state index is -0.271. The third kappa shape index (κ3) is 3.49. The van der Waals surface area contributed by atoms with Gasteiger partial charge in [0.25, 0.3) is 5.91 Å². The van der Waals surface area contributed by atoms with E-state index in [2.05, 4.69) is 17.4 Å². The Kier molecular flexibility index (Phi) is 4.61. The van der Waals surface area contributed by atoms with Gasteiger partial charge < -0.3 is 19.9 Å². The molecule has 1 N–H and O–H groups in total. The summed E-state index contributed by atoms with van der Waals surface area (Å²) in [6.45, 7) is 2.97. The van der Waals surface area contributed by atoms with E-state index in [0.717, 1.165) is 31.4 Å². The van der Waals surface area contributed by atoms with Gasteiger partial charge in [-0.05, 0) is 55.4 Å². The number of nitrogens with one attached hydrogen (secondary N) is 1. The molecule has 1 unspecified atom stereocenters. The fraction of sp³-hybridized carbons (Fsp3) is 0.579. The zero-order chi connectivity index (χ0) is 17.2. The second kappa shape index (κ2) is 7.04. The minimum Gasteiger partial charge on any atom is -0.368 e. The number of piperazine rings is 1. The zero-order valence-corrected chi connectivity index (χ0v) is 14.5. The van der Waals surface area contributed by atoms with Gasteiger partial charge in [-0.2, -0.15) is 0 Å². The molecule has 2 saturated heterocycles. The summed E-state index contributed by atoms with van der Waals surface area (Å²) >= 11 is 0. The Hall–Kier alpha value is -2.08. The van der Waals surface area contributed by atoms with E-state index in [1.165, 1.54) is 17.5 Å². The molecule has 3 amide bonds. The Labute approximate surface area is 148 Å². The van der Waals surface area contributed by atoms with Crippen LogP contribution in [0.25, 0.3) is 0 Å². The van der Waals surface area contributed by atoms with Gasteiger partial charge in [0.05, 0.1) is 0 Å². The maximum Gasteiger partial charge on any atom is 0.321 e. The van der Waals surface area contributed by atoms with Gasteiger partial charge in [0.15, 0.2) is 0 Å². The van der Waals surface area contributed by atoms with Crippen molar-refractivity contribution in [2.45, 2.75) is 38.2 Å². The summed E-state index contributed by atoms with van der Waals surface area (Å²) < 4.78 is 5.47. The number of anilines is 1. The fourth-order valence-electron chi connectivity index (χ4n) is 3.96. The molecule has 1 atom stereocenters. The van der Waals surface area contributed by atoms with Gasteiger partial charge in [-0.3, -0.25) is 4.79 Å². The highest BCUT2D eigenvalue weighted by molar-refractivity contribution is 5.90. The van der Waals surface area contributed by atoms with Gasteiger partial charge in [0.1, 0.15) is 6.10 Å². The molecule has 0 aromatic heterocycles. The van der Waals surface area contributed by atoms with Crippen molar-refractivity contribution in [3.8, 4) is 0 Å². The first-order chi connectivity index (χ1) is 12.2. The quantitative estimate of drug-likeness (QED) is 0.894. The van der Waals surface area contributed by atoms with Crippen LogP contribution in [-0.4, -0.2) is 60.6 Å². The first kappa shape index (κ1) is 16.4. The lowest BCUT2D eigenvalue weighted by Gasteiger charge is -2.35. The highest BCUT2D eigenvalue weighted by Crippen LogP contribution is 2.25. The number of aryl methyl sites for hydroxylation is 2. The predicted molar refractivity (Wildman–Crippen MR) is 94.6 cm³/mol. The Morgan fingerprint density at radius 1 is 1.00 bits per heavy atom. The largest absolute Gasteiger partial charge is 0.368 e. The van der Waals surface area contributed by atoms with E-state index in [1.807, 2.05) is 11.0 Å². The maximum absolute atomic E-state index is 12.5. The summed E-state index contributed by atoms with van der Waals surface area (Å²) in [5, 5.41) is 3.00. The SMILES string of the molecule is O=C(Nc1ccc2c(c1)CCC2)N1CCN(C(=O)C2CCCO2)CC1. The number of fused-ring (bicyclic) bond motifs is 1. The smallest absolute Gasteiger partial charge is 0.321 e. The molecule has 0 spiro atoms. The number of urea groups is 1. The Morgan fingerprint density at radius 2 is 1.76 bits per heavy atom. The van der Waals surface area contributed by atoms with Crippen molar-refractivity contribution < 1.29 is 14.3 Å². The van der Waals surface area contributed by atoms with Gasteiger partial charge >= 0.3 is 6.03 Å². The summed E-state index contributed by atoms with van der Waals surface area (Å²) in [6.07, 6.45) is 4.95. The van der Waals surface area contributed by atoms with Crippen LogP contribution in [0.15, 0.2) is 18.2 Å². The number of rotatable bonds is 2. The molecular formula is C19H25N3O3. The first-order valence-corrected chi connectivity index (χ1v) is 9.29. The van der Waals surface area contributed by atoms with E-state index in [-0.39, 0.29) is 18.0 Å². The molecule has 25 heavy (non-hydrogen) atoms. The average molecular weight is 343 g/mol. The van der Waals surface area contributed by atoms with Crippen molar-refractivity contribution in [3.05, 3.63) is 29.3 Å². The summed E-state index contributed by atoms with van der Waals surface area (Å²) in [7, 11) is 0. The second-order valence-electron chi connectivity index (χ2n) is 7.08. The van der Waals surface area contributed by atoms with E-state index >= 15 is 0 Å². The lowest BCUT2D eigenvalue weighted by Crippen LogP contribution is -2.53. The third-order valence-electron chi connectivity index (χ3n) is 5.43. The van der Waals surface area contributed by atoms with E-state index < -0.39 is 0 Å². The molecule has 3 aliphatic rings. The molecule has 134 valence electrons. The number of ether oxygens (including phenoxy) is 1. The molecule has 1 aromatic rings. The molecule has 0 saturated carbocycles. The van der Waals surface area contributed by atoms with Crippen LogP contribution in [0.1, 0.15) is 30.4 Å². The third-order valence-corrected chi connectivity index (χ3v) is 5.43. The van der Waals surface area contributed by atoms with Crippen molar-refractivity contribution >= 4 is 17.6 Å². The van der Waals surface area contributed by atoms with Crippen molar-refractivity contribution in [2.24, 2.45) is 0 Å². The van der Waals surface area contributed by atoms with E-state index in [1.54, 1.807) is 4.90 Å². The van der Waals surface area contributed by atoms with Crippen LogP contribution in [0.5, 0.6) is 0 Å². The van der Waals surface area contributed by atoms with Crippen molar-refractivity contribution in [1.82, 2.24) is 9.80 Å². The van der Waals surface area contributed by atoms with Crippen molar-refractivity contribution in [3.63, 3.8) is 0 Å².